The molecule has 18 heavy (non-hydrogen) atoms. The van der Waals surface area contributed by atoms with Crippen LogP contribution in [0.4, 0.5) is 10.1 Å². The van der Waals surface area contributed by atoms with E-state index in [1.165, 1.54) is 38.2 Å². The largest absolute Gasteiger partial charge is 0.368 e. The summed E-state index contributed by atoms with van der Waals surface area (Å²) in [4.78, 5) is 2.35. The average molecular weight is 244 g/mol. The van der Waals surface area contributed by atoms with Gasteiger partial charge in [0.1, 0.15) is 11.9 Å². The number of nitrogens with zero attached hydrogens (tertiary/aromatic N) is 2. The van der Waals surface area contributed by atoms with Gasteiger partial charge in [-0.05, 0) is 49.8 Å². The molecular weight excluding hydrogens is 227 g/mol. The second kappa shape index (κ2) is 4.61. The minimum atomic E-state index is -0.393. The maximum Gasteiger partial charge on any atom is 0.143 e. The third kappa shape index (κ3) is 1.86. The summed E-state index contributed by atoms with van der Waals surface area (Å²) in [5.74, 6) is 0.396. The maximum absolute atomic E-state index is 13.7. The third-order valence-electron chi connectivity index (χ3n) is 4.40. The van der Waals surface area contributed by atoms with Gasteiger partial charge in [0.2, 0.25) is 0 Å². The molecule has 1 aromatic rings. The van der Waals surface area contributed by atoms with Crippen molar-refractivity contribution in [2.24, 2.45) is 5.92 Å². The van der Waals surface area contributed by atoms with Gasteiger partial charge in [-0.15, -0.1) is 0 Å². The molecule has 2 nitrogen and oxygen atoms in total. The molecule has 2 fully saturated rings. The molecule has 94 valence electrons. The molecule has 1 heterocycles. The van der Waals surface area contributed by atoms with Gasteiger partial charge in [0, 0.05) is 18.3 Å². The molecule has 1 aliphatic carbocycles. The van der Waals surface area contributed by atoms with E-state index < -0.39 is 5.82 Å². The fourth-order valence-electron chi connectivity index (χ4n) is 3.55. The van der Waals surface area contributed by atoms with Gasteiger partial charge in [0.15, 0.2) is 0 Å². The predicted molar refractivity (Wildman–Crippen MR) is 68.8 cm³/mol. The lowest BCUT2D eigenvalue weighted by Crippen LogP contribution is -2.42. The lowest BCUT2D eigenvalue weighted by atomic mass is 9.91. The molecule has 1 saturated heterocycles. The Kier molecular flexibility index (Phi) is 2.95. The van der Waals surface area contributed by atoms with Gasteiger partial charge in [0.25, 0.3) is 0 Å². The van der Waals surface area contributed by atoms with Gasteiger partial charge in [-0.3, -0.25) is 0 Å². The number of hydrogen-bond donors (Lipinski definition) is 0. The molecule has 0 radical (unpaired) electrons. The Balaban J connectivity index is 1.90. The molecule has 2 aliphatic rings. The number of nitriles is 1. The summed E-state index contributed by atoms with van der Waals surface area (Å²) in [7, 11) is 0. The summed E-state index contributed by atoms with van der Waals surface area (Å²) in [5.41, 5.74) is 1.09. The van der Waals surface area contributed by atoms with Crippen LogP contribution in [0.3, 0.4) is 0 Å². The average Bonchev–Trinajstić information content (AvgIpc) is 2.86. The van der Waals surface area contributed by atoms with Crippen LogP contribution in [-0.4, -0.2) is 12.6 Å². The molecule has 3 heteroatoms. The Hall–Kier alpha value is -1.56. The van der Waals surface area contributed by atoms with Crippen LogP contribution in [0.5, 0.6) is 0 Å². The summed E-state index contributed by atoms with van der Waals surface area (Å²) in [6.45, 7) is 1.02. The number of hydrogen-bond acceptors (Lipinski definition) is 2. The highest BCUT2D eigenvalue weighted by molar-refractivity contribution is 5.52. The van der Waals surface area contributed by atoms with Crippen LogP contribution in [0, 0.1) is 23.1 Å². The molecule has 2 atom stereocenters. The molecule has 0 spiro atoms. The van der Waals surface area contributed by atoms with Crippen molar-refractivity contribution in [2.75, 3.05) is 11.4 Å². The van der Waals surface area contributed by atoms with Crippen molar-refractivity contribution in [3.8, 4) is 6.07 Å². The first-order chi connectivity index (χ1) is 8.79. The van der Waals surface area contributed by atoms with E-state index in [1.807, 2.05) is 12.1 Å². The van der Waals surface area contributed by atoms with Gasteiger partial charge in [-0.2, -0.15) is 5.26 Å². The summed E-state index contributed by atoms with van der Waals surface area (Å²) in [6, 6.07) is 7.49. The van der Waals surface area contributed by atoms with Crippen LogP contribution < -0.4 is 4.90 Å². The second-order valence-corrected chi connectivity index (χ2v) is 5.37. The van der Waals surface area contributed by atoms with E-state index in [2.05, 4.69) is 4.90 Å². The van der Waals surface area contributed by atoms with Crippen molar-refractivity contribution < 1.29 is 4.39 Å². The fraction of sp³-hybridized carbons (Fsp3) is 0.533. The Morgan fingerprint density at radius 3 is 2.83 bits per heavy atom. The van der Waals surface area contributed by atoms with Crippen molar-refractivity contribution in [3.05, 3.63) is 29.6 Å². The highest BCUT2D eigenvalue weighted by Gasteiger charge is 2.35. The SMILES string of the molecule is N#Cc1ccc(N2CCCC3CCCC32)cc1F. The van der Waals surface area contributed by atoms with Crippen molar-refractivity contribution in [3.63, 3.8) is 0 Å². The van der Waals surface area contributed by atoms with Gasteiger partial charge in [-0.1, -0.05) is 6.42 Å². The molecule has 0 bridgehead atoms. The van der Waals surface area contributed by atoms with E-state index in [4.69, 9.17) is 5.26 Å². The van der Waals surface area contributed by atoms with Crippen molar-refractivity contribution in [1.82, 2.24) is 0 Å². The zero-order valence-electron chi connectivity index (χ0n) is 10.4. The van der Waals surface area contributed by atoms with Crippen LogP contribution in [0.15, 0.2) is 18.2 Å². The normalized spacial score (nSPS) is 26.8. The zero-order chi connectivity index (χ0) is 12.5. The monoisotopic (exact) mass is 244 g/mol. The number of benzene rings is 1. The third-order valence-corrected chi connectivity index (χ3v) is 4.40. The van der Waals surface area contributed by atoms with Crippen LogP contribution in [-0.2, 0) is 0 Å². The topological polar surface area (TPSA) is 27.0 Å². The van der Waals surface area contributed by atoms with E-state index in [1.54, 1.807) is 6.07 Å². The summed E-state index contributed by atoms with van der Waals surface area (Å²) >= 11 is 0. The number of piperidine rings is 1. The Morgan fingerprint density at radius 2 is 2.06 bits per heavy atom. The maximum atomic E-state index is 13.7. The van der Waals surface area contributed by atoms with E-state index in [-0.39, 0.29) is 5.56 Å². The van der Waals surface area contributed by atoms with Crippen LogP contribution >= 0.6 is 0 Å². The van der Waals surface area contributed by atoms with E-state index in [9.17, 15) is 4.39 Å². The second-order valence-electron chi connectivity index (χ2n) is 5.37. The molecule has 0 aromatic heterocycles. The first kappa shape index (κ1) is 11.5. The van der Waals surface area contributed by atoms with Gasteiger partial charge in [-0.25, -0.2) is 4.39 Å². The standard InChI is InChI=1S/C15H17FN2/c16-14-9-13(7-6-12(14)10-17)18-8-2-4-11-3-1-5-15(11)18/h6-7,9,11,15H,1-5,8H2. The Morgan fingerprint density at radius 1 is 1.22 bits per heavy atom. The minimum Gasteiger partial charge on any atom is -0.368 e. The Bertz CT molecular complexity index is 492. The number of fused-ring (bicyclic) bond motifs is 1. The highest BCUT2D eigenvalue weighted by atomic mass is 19.1. The quantitative estimate of drug-likeness (QED) is 0.756. The molecule has 3 rings (SSSR count). The van der Waals surface area contributed by atoms with Gasteiger partial charge < -0.3 is 4.90 Å². The highest BCUT2D eigenvalue weighted by Crippen LogP contribution is 2.39. The van der Waals surface area contributed by atoms with Crippen molar-refractivity contribution >= 4 is 5.69 Å². The van der Waals surface area contributed by atoms with E-state index >= 15 is 0 Å². The summed E-state index contributed by atoms with van der Waals surface area (Å²) < 4.78 is 13.7. The molecule has 0 amide bonds. The molecule has 1 aromatic carbocycles. The van der Waals surface area contributed by atoms with Gasteiger partial charge in [0.05, 0.1) is 5.56 Å². The van der Waals surface area contributed by atoms with Crippen molar-refractivity contribution in [2.45, 2.75) is 38.1 Å². The molecule has 0 N–H and O–H groups in total. The lowest BCUT2D eigenvalue weighted by Gasteiger charge is -2.39. The number of rotatable bonds is 1. The molecular formula is C15H17FN2. The number of halogens is 1. The zero-order valence-corrected chi connectivity index (χ0v) is 10.4. The van der Waals surface area contributed by atoms with Crippen LogP contribution in [0.2, 0.25) is 0 Å². The van der Waals surface area contributed by atoms with E-state index in [0.717, 1.165) is 18.2 Å². The smallest absolute Gasteiger partial charge is 0.143 e. The first-order valence-electron chi connectivity index (χ1n) is 6.76. The fourth-order valence-corrected chi connectivity index (χ4v) is 3.55. The van der Waals surface area contributed by atoms with Gasteiger partial charge >= 0.3 is 0 Å². The summed E-state index contributed by atoms with van der Waals surface area (Å²) in [6.07, 6.45) is 6.36. The number of anilines is 1. The lowest BCUT2D eigenvalue weighted by molar-refractivity contribution is 0.362. The minimum absolute atomic E-state index is 0.138. The molecule has 1 aliphatic heterocycles. The first-order valence-corrected chi connectivity index (χ1v) is 6.76. The van der Waals surface area contributed by atoms with Crippen molar-refractivity contribution in [1.29, 1.82) is 5.26 Å². The van der Waals surface area contributed by atoms with Crippen LogP contribution in [0.1, 0.15) is 37.7 Å². The molecule has 2 unspecified atom stereocenters. The predicted octanol–water partition coefficient (Wildman–Crippen LogP) is 3.47. The van der Waals surface area contributed by atoms with Crippen LogP contribution in [0.25, 0.3) is 0 Å². The summed E-state index contributed by atoms with van der Waals surface area (Å²) in [5, 5.41) is 8.77. The van der Waals surface area contributed by atoms with E-state index in [0.29, 0.717) is 6.04 Å². The Labute approximate surface area is 107 Å². The molecule has 1 saturated carbocycles.